The molecule has 0 aromatic heterocycles. The molecular formula is C15H25N2OPS2. The van der Waals surface area contributed by atoms with Crippen LogP contribution >= 0.6 is 17.6 Å². The highest BCUT2D eigenvalue weighted by molar-refractivity contribution is 8.65. The van der Waals surface area contributed by atoms with Crippen LogP contribution in [-0.2, 0) is 16.5 Å². The van der Waals surface area contributed by atoms with E-state index in [1.54, 1.807) is 7.11 Å². The first-order valence-electron chi connectivity index (χ1n) is 7.52. The Balaban J connectivity index is 0.000000272. The number of nitrogens with one attached hydrogen (secondary N) is 1. The van der Waals surface area contributed by atoms with Crippen molar-refractivity contribution in [2.45, 2.75) is 25.4 Å². The fraction of sp³-hybridized carbons (Fsp3) is 0.600. The molecule has 0 saturated carbocycles. The topological polar surface area (TPSA) is 24.5 Å². The zero-order valence-corrected chi connectivity index (χ0v) is 15.2. The monoisotopic (exact) mass is 344 g/mol. The van der Waals surface area contributed by atoms with Gasteiger partial charge in [-0.2, -0.15) is 0 Å². The van der Waals surface area contributed by atoms with Crippen LogP contribution in [0, 0.1) is 0 Å². The number of ether oxygens (including phenoxy) is 1. The minimum absolute atomic E-state index is 0.318. The summed E-state index contributed by atoms with van der Waals surface area (Å²) in [5.41, 5.74) is 0. The minimum Gasteiger partial charge on any atom is -0.380 e. The van der Waals surface area contributed by atoms with E-state index in [9.17, 15) is 0 Å². The molecule has 1 aromatic rings. The van der Waals surface area contributed by atoms with Gasteiger partial charge < -0.3 is 10.1 Å². The summed E-state index contributed by atoms with van der Waals surface area (Å²) in [6.45, 7) is 4.40. The first kappa shape index (κ1) is 17.5. The number of nitrogens with zero attached hydrogens (tertiary/aromatic N) is 1. The van der Waals surface area contributed by atoms with Gasteiger partial charge in [-0.3, -0.25) is 4.67 Å². The number of methoxy groups -OCH3 is 1. The van der Waals surface area contributed by atoms with Gasteiger partial charge >= 0.3 is 0 Å². The van der Waals surface area contributed by atoms with Gasteiger partial charge in [0.05, 0.1) is 11.5 Å². The maximum Gasteiger partial charge on any atom is 0.0923 e. The van der Waals surface area contributed by atoms with Gasteiger partial charge in [0.25, 0.3) is 0 Å². The van der Waals surface area contributed by atoms with Crippen molar-refractivity contribution in [1.82, 2.24) is 9.99 Å². The molecule has 2 unspecified atom stereocenters. The molecule has 3 rings (SSSR count). The van der Waals surface area contributed by atoms with Crippen LogP contribution in [0.25, 0.3) is 0 Å². The van der Waals surface area contributed by atoms with Crippen LogP contribution in [0.15, 0.2) is 30.3 Å². The van der Waals surface area contributed by atoms with Crippen molar-refractivity contribution in [3.8, 4) is 0 Å². The summed E-state index contributed by atoms with van der Waals surface area (Å²) in [7, 11) is 1.76. The van der Waals surface area contributed by atoms with E-state index >= 15 is 0 Å². The normalized spacial score (nSPS) is 25.1. The Labute approximate surface area is 138 Å². The molecule has 3 nitrogen and oxygen atoms in total. The minimum atomic E-state index is -1.86. The standard InChI is InChI=1S/C11H16NOPS2.C4H9N/c1-13-10-7-8-12(9-10)14(15,16)11-5-3-2-4-6-11;1-2-4-5-3-1/h2-6,10H,7-9H2,1H3,(H,15,16);5H,1-4H2. The second-order valence-electron chi connectivity index (χ2n) is 5.40. The van der Waals surface area contributed by atoms with Crippen LogP contribution in [0.1, 0.15) is 19.3 Å². The van der Waals surface area contributed by atoms with Crippen molar-refractivity contribution in [1.29, 1.82) is 0 Å². The fourth-order valence-electron chi connectivity index (χ4n) is 2.56. The molecule has 2 saturated heterocycles. The molecule has 2 heterocycles. The highest BCUT2D eigenvalue weighted by atomic mass is 32.9. The maximum absolute atomic E-state index is 5.72. The quantitative estimate of drug-likeness (QED) is 0.650. The fourth-order valence-corrected chi connectivity index (χ4v) is 5.93. The zero-order chi connectivity index (χ0) is 15.1. The lowest BCUT2D eigenvalue weighted by molar-refractivity contribution is 0.115. The molecule has 0 spiro atoms. The molecule has 6 heteroatoms. The summed E-state index contributed by atoms with van der Waals surface area (Å²) >= 11 is 10.5. The Bertz CT molecular complexity index is 460. The molecule has 21 heavy (non-hydrogen) atoms. The van der Waals surface area contributed by atoms with Crippen LogP contribution in [0.4, 0.5) is 0 Å². The van der Waals surface area contributed by atoms with Gasteiger partial charge in [0, 0.05) is 25.5 Å². The molecular weight excluding hydrogens is 319 g/mol. The number of rotatable bonds is 3. The van der Waals surface area contributed by atoms with Crippen molar-refractivity contribution in [3.05, 3.63) is 30.3 Å². The summed E-state index contributed by atoms with van der Waals surface area (Å²) in [6.07, 6.45) is 4.15. The highest BCUT2D eigenvalue weighted by Crippen LogP contribution is 2.54. The number of hydrogen-bond acceptors (Lipinski definition) is 3. The molecule has 2 aliphatic heterocycles. The second kappa shape index (κ2) is 8.66. The summed E-state index contributed by atoms with van der Waals surface area (Å²) in [5.74, 6) is 0. The van der Waals surface area contributed by atoms with Crippen molar-refractivity contribution < 1.29 is 4.74 Å². The van der Waals surface area contributed by atoms with Crippen molar-refractivity contribution in [3.63, 3.8) is 0 Å². The third kappa shape index (κ3) is 5.05. The summed E-state index contributed by atoms with van der Waals surface area (Å²) in [6, 6.07) is 10.2. The van der Waals surface area contributed by atoms with E-state index in [4.69, 9.17) is 28.8 Å². The molecule has 2 fully saturated rings. The lowest BCUT2D eigenvalue weighted by Crippen LogP contribution is -2.22. The molecule has 0 amide bonds. The smallest absolute Gasteiger partial charge is 0.0923 e. The van der Waals surface area contributed by atoms with E-state index in [1.165, 1.54) is 31.2 Å². The molecule has 2 atom stereocenters. The zero-order valence-electron chi connectivity index (χ0n) is 12.6. The van der Waals surface area contributed by atoms with E-state index in [0.717, 1.165) is 19.5 Å². The summed E-state index contributed by atoms with van der Waals surface area (Å²) in [4.78, 5) is 0. The summed E-state index contributed by atoms with van der Waals surface area (Å²) in [5, 5.41) is 2.53. The molecule has 0 bridgehead atoms. The molecule has 1 aromatic carbocycles. The lowest BCUT2D eigenvalue weighted by atomic mass is 10.3. The van der Waals surface area contributed by atoms with Gasteiger partial charge in [-0.05, 0) is 32.4 Å². The Morgan fingerprint density at radius 1 is 1.29 bits per heavy atom. The Morgan fingerprint density at radius 2 is 1.95 bits per heavy atom. The molecule has 1 N–H and O–H groups in total. The first-order valence-corrected chi connectivity index (χ1v) is 11.4. The highest BCUT2D eigenvalue weighted by Gasteiger charge is 2.31. The average molecular weight is 344 g/mol. The largest absolute Gasteiger partial charge is 0.380 e. The van der Waals surface area contributed by atoms with Gasteiger partial charge in [-0.25, -0.2) is 0 Å². The van der Waals surface area contributed by atoms with Crippen LogP contribution in [0.2, 0.25) is 0 Å². The van der Waals surface area contributed by atoms with Gasteiger partial charge in [0.2, 0.25) is 0 Å². The van der Waals surface area contributed by atoms with Crippen LogP contribution in [0.5, 0.6) is 0 Å². The number of benzene rings is 1. The maximum atomic E-state index is 5.72. The van der Waals surface area contributed by atoms with Gasteiger partial charge in [-0.15, -0.1) is 12.2 Å². The Hall–Kier alpha value is 0.100. The second-order valence-corrected chi connectivity index (χ2v) is 11.7. The predicted molar refractivity (Wildman–Crippen MR) is 98.4 cm³/mol. The predicted octanol–water partition coefficient (Wildman–Crippen LogP) is 2.64. The van der Waals surface area contributed by atoms with Crippen molar-refractivity contribution >= 4 is 34.8 Å². The molecule has 2 aliphatic rings. The average Bonchev–Trinajstić information content (AvgIpc) is 3.22. The molecule has 0 radical (unpaired) electrons. The van der Waals surface area contributed by atoms with E-state index in [1.807, 2.05) is 18.2 Å². The first-order chi connectivity index (χ1) is 10.1. The van der Waals surface area contributed by atoms with Gasteiger partial charge in [0.1, 0.15) is 0 Å². The van der Waals surface area contributed by atoms with Gasteiger partial charge in [-0.1, -0.05) is 42.1 Å². The SMILES string of the molecule is C1CCNC1.COC1CCN(P(=S)(S)c2ccccc2)C1. The molecule has 118 valence electrons. The third-order valence-electron chi connectivity index (χ3n) is 3.89. The van der Waals surface area contributed by atoms with Crippen LogP contribution < -0.4 is 10.6 Å². The Morgan fingerprint density at radius 3 is 2.43 bits per heavy atom. The number of hydrogen-bond donors (Lipinski definition) is 2. The van der Waals surface area contributed by atoms with Gasteiger partial charge in [0.15, 0.2) is 0 Å². The molecule has 0 aliphatic carbocycles. The van der Waals surface area contributed by atoms with Crippen LogP contribution in [0.3, 0.4) is 0 Å². The summed E-state index contributed by atoms with van der Waals surface area (Å²) < 4.78 is 7.67. The van der Waals surface area contributed by atoms with Crippen molar-refractivity contribution in [2.75, 3.05) is 33.3 Å². The van der Waals surface area contributed by atoms with E-state index in [0.29, 0.717) is 6.10 Å². The van der Waals surface area contributed by atoms with Crippen LogP contribution in [-0.4, -0.2) is 44.1 Å². The Kier molecular flexibility index (Phi) is 7.20. The number of thiol groups is 1. The third-order valence-corrected chi connectivity index (χ3v) is 8.77. The van der Waals surface area contributed by atoms with Crippen molar-refractivity contribution in [2.24, 2.45) is 0 Å². The van der Waals surface area contributed by atoms with E-state index in [2.05, 4.69) is 22.1 Å². The lowest BCUT2D eigenvalue weighted by Gasteiger charge is -2.27. The van der Waals surface area contributed by atoms with E-state index in [-0.39, 0.29) is 0 Å². The van der Waals surface area contributed by atoms with E-state index < -0.39 is 5.39 Å².